The third-order valence-corrected chi connectivity index (χ3v) is 2.31. The molecule has 0 N–H and O–H groups in total. The van der Waals surface area contributed by atoms with Gasteiger partial charge in [0.05, 0.1) is 0 Å². The van der Waals surface area contributed by atoms with Gasteiger partial charge in [-0.2, -0.15) is 0 Å². The van der Waals surface area contributed by atoms with Crippen LogP contribution in [0.25, 0.3) is 0 Å². The van der Waals surface area contributed by atoms with Gasteiger partial charge in [-0.05, 0) is 25.2 Å². The predicted molar refractivity (Wildman–Crippen MR) is 37.2 cm³/mol. The topological polar surface area (TPSA) is 17.1 Å². The van der Waals surface area contributed by atoms with Crippen molar-refractivity contribution in [2.24, 2.45) is 11.3 Å². The maximum Gasteiger partial charge on any atom is 0.125 e. The minimum atomic E-state index is 0.0272. The first-order valence-corrected chi connectivity index (χ1v) is 3.63. The van der Waals surface area contributed by atoms with E-state index in [2.05, 4.69) is 13.8 Å². The van der Waals surface area contributed by atoms with Crippen LogP contribution in [0.5, 0.6) is 0 Å². The van der Waals surface area contributed by atoms with Gasteiger partial charge in [0.15, 0.2) is 0 Å². The normalized spacial score (nSPS) is 43.1. The highest BCUT2D eigenvalue weighted by molar-refractivity contribution is 5.59. The van der Waals surface area contributed by atoms with Crippen molar-refractivity contribution in [3.63, 3.8) is 0 Å². The van der Waals surface area contributed by atoms with Gasteiger partial charge in [-0.1, -0.05) is 13.8 Å². The Hall–Kier alpha value is -0.330. The fourth-order valence-electron chi connectivity index (χ4n) is 1.68. The highest BCUT2D eigenvalue weighted by Crippen LogP contribution is 2.39. The van der Waals surface area contributed by atoms with E-state index >= 15 is 0 Å². The Morgan fingerprint density at radius 2 is 2.33 bits per heavy atom. The van der Waals surface area contributed by atoms with Crippen LogP contribution in [0.3, 0.4) is 0 Å². The first-order valence-electron chi connectivity index (χ1n) is 3.63. The highest BCUT2D eigenvalue weighted by Gasteiger charge is 2.32. The fourth-order valence-corrected chi connectivity index (χ4v) is 1.68. The van der Waals surface area contributed by atoms with E-state index in [9.17, 15) is 4.79 Å². The molecule has 52 valence electrons. The predicted octanol–water partition coefficient (Wildman–Crippen LogP) is 2.01. The van der Waals surface area contributed by atoms with Gasteiger partial charge in [-0.3, -0.25) is 0 Å². The zero-order valence-electron chi connectivity index (χ0n) is 6.18. The van der Waals surface area contributed by atoms with E-state index in [0.717, 1.165) is 25.0 Å². The average Bonchev–Trinajstić information content (AvgIpc) is 2.13. The average molecular weight is 126 g/mol. The van der Waals surface area contributed by atoms with Crippen LogP contribution in [-0.4, -0.2) is 6.29 Å². The molecule has 0 radical (unpaired) electrons. The molecule has 1 saturated carbocycles. The Morgan fingerprint density at radius 3 is 2.56 bits per heavy atom. The molecular weight excluding hydrogens is 112 g/mol. The van der Waals surface area contributed by atoms with Crippen molar-refractivity contribution in [3.05, 3.63) is 0 Å². The van der Waals surface area contributed by atoms with Crippen LogP contribution in [0.1, 0.15) is 33.1 Å². The molecule has 1 fully saturated rings. The SMILES string of the molecule is CC1CCC(C)(C=O)C1. The Kier molecular flexibility index (Phi) is 1.60. The molecular formula is C8H14O. The molecule has 0 aromatic rings. The molecule has 1 aliphatic carbocycles. The summed E-state index contributed by atoms with van der Waals surface area (Å²) in [5.41, 5.74) is 0.0272. The van der Waals surface area contributed by atoms with Crippen molar-refractivity contribution in [1.82, 2.24) is 0 Å². The van der Waals surface area contributed by atoms with Crippen LogP contribution >= 0.6 is 0 Å². The van der Waals surface area contributed by atoms with E-state index < -0.39 is 0 Å². The van der Waals surface area contributed by atoms with Crippen molar-refractivity contribution in [1.29, 1.82) is 0 Å². The summed E-state index contributed by atoms with van der Waals surface area (Å²) in [6.07, 6.45) is 4.54. The molecule has 9 heavy (non-hydrogen) atoms. The molecule has 0 saturated heterocycles. The molecule has 2 unspecified atom stereocenters. The summed E-state index contributed by atoms with van der Waals surface area (Å²) in [5.74, 6) is 0.764. The van der Waals surface area contributed by atoms with Crippen LogP contribution in [0, 0.1) is 11.3 Å². The van der Waals surface area contributed by atoms with E-state index in [-0.39, 0.29) is 5.41 Å². The lowest BCUT2D eigenvalue weighted by Crippen LogP contribution is -2.12. The molecule has 0 heterocycles. The minimum Gasteiger partial charge on any atom is -0.303 e. The minimum absolute atomic E-state index is 0.0272. The monoisotopic (exact) mass is 126 g/mol. The summed E-state index contributed by atoms with van der Waals surface area (Å²) in [4.78, 5) is 10.5. The zero-order chi connectivity index (χ0) is 6.91. The lowest BCUT2D eigenvalue weighted by molar-refractivity contribution is -0.115. The number of hydrogen-bond acceptors (Lipinski definition) is 1. The van der Waals surface area contributed by atoms with Gasteiger partial charge < -0.3 is 4.79 Å². The number of carbonyl (C=O) groups is 1. The van der Waals surface area contributed by atoms with Gasteiger partial charge in [0, 0.05) is 5.41 Å². The second kappa shape index (κ2) is 2.13. The molecule has 0 bridgehead atoms. The maximum absolute atomic E-state index is 10.5. The van der Waals surface area contributed by atoms with Crippen LogP contribution in [0.15, 0.2) is 0 Å². The molecule has 1 nitrogen and oxygen atoms in total. The number of hydrogen-bond donors (Lipinski definition) is 0. The standard InChI is InChI=1S/C8H14O/c1-7-3-4-8(2,5-7)6-9/h6-7H,3-5H2,1-2H3. The quantitative estimate of drug-likeness (QED) is 0.491. The van der Waals surface area contributed by atoms with Gasteiger partial charge in [0.25, 0.3) is 0 Å². The van der Waals surface area contributed by atoms with Crippen molar-refractivity contribution < 1.29 is 4.79 Å². The van der Waals surface area contributed by atoms with Gasteiger partial charge in [0.1, 0.15) is 6.29 Å². The Balaban J connectivity index is 2.54. The van der Waals surface area contributed by atoms with Crippen molar-refractivity contribution in [3.8, 4) is 0 Å². The molecule has 0 amide bonds. The molecule has 1 heteroatoms. The van der Waals surface area contributed by atoms with E-state index in [1.165, 1.54) is 6.42 Å². The molecule has 1 rings (SSSR count). The molecule has 1 aliphatic rings. The number of aldehydes is 1. The summed E-state index contributed by atoms with van der Waals surface area (Å²) >= 11 is 0. The second-order valence-electron chi connectivity index (χ2n) is 3.62. The summed E-state index contributed by atoms with van der Waals surface area (Å²) in [6.45, 7) is 4.28. The Bertz CT molecular complexity index is 120. The zero-order valence-corrected chi connectivity index (χ0v) is 6.18. The molecule has 0 aromatic carbocycles. The molecule has 0 aliphatic heterocycles. The van der Waals surface area contributed by atoms with E-state index in [1.807, 2.05) is 0 Å². The Labute approximate surface area is 56.4 Å². The lowest BCUT2D eigenvalue weighted by atomic mass is 9.90. The lowest BCUT2D eigenvalue weighted by Gasteiger charge is -2.13. The largest absolute Gasteiger partial charge is 0.303 e. The Morgan fingerprint density at radius 1 is 1.67 bits per heavy atom. The maximum atomic E-state index is 10.5. The summed E-state index contributed by atoms with van der Waals surface area (Å²) in [5, 5.41) is 0. The van der Waals surface area contributed by atoms with Crippen LogP contribution < -0.4 is 0 Å². The van der Waals surface area contributed by atoms with Crippen molar-refractivity contribution in [2.45, 2.75) is 33.1 Å². The van der Waals surface area contributed by atoms with Crippen LogP contribution in [0.2, 0.25) is 0 Å². The van der Waals surface area contributed by atoms with Gasteiger partial charge in [-0.15, -0.1) is 0 Å². The summed E-state index contributed by atoms with van der Waals surface area (Å²) in [7, 11) is 0. The van der Waals surface area contributed by atoms with Crippen LogP contribution in [0.4, 0.5) is 0 Å². The van der Waals surface area contributed by atoms with Gasteiger partial charge in [0.2, 0.25) is 0 Å². The van der Waals surface area contributed by atoms with Crippen molar-refractivity contribution in [2.75, 3.05) is 0 Å². The third kappa shape index (κ3) is 1.32. The molecule has 0 spiro atoms. The van der Waals surface area contributed by atoms with E-state index in [4.69, 9.17) is 0 Å². The first kappa shape index (κ1) is 6.79. The smallest absolute Gasteiger partial charge is 0.125 e. The van der Waals surface area contributed by atoms with Crippen LogP contribution in [-0.2, 0) is 4.79 Å². The van der Waals surface area contributed by atoms with Gasteiger partial charge in [-0.25, -0.2) is 0 Å². The van der Waals surface area contributed by atoms with Crippen molar-refractivity contribution >= 4 is 6.29 Å². The molecule has 2 atom stereocenters. The third-order valence-electron chi connectivity index (χ3n) is 2.31. The highest BCUT2D eigenvalue weighted by atomic mass is 16.1. The number of rotatable bonds is 1. The van der Waals surface area contributed by atoms with E-state index in [1.54, 1.807) is 0 Å². The number of carbonyl (C=O) groups excluding carboxylic acids is 1. The second-order valence-corrected chi connectivity index (χ2v) is 3.62. The summed E-state index contributed by atoms with van der Waals surface area (Å²) in [6, 6.07) is 0. The molecule has 0 aromatic heterocycles. The summed E-state index contributed by atoms with van der Waals surface area (Å²) < 4.78 is 0. The van der Waals surface area contributed by atoms with Gasteiger partial charge >= 0.3 is 0 Å². The first-order chi connectivity index (χ1) is 4.16. The van der Waals surface area contributed by atoms with E-state index in [0.29, 0.717) is 0 Å². The fraction of sp³-hybridized carbons (Fsp3) is 0.875.